The number of nitrogens with zero attached hydrogens (tertiary/aromatic N) is 1. The molecule has 1 fully saturated rings. The lowest BCUT2D eigenvalue weighted by atomic mass is 9.87. The molecule has 1 heterocycles. The molecule has 1 amide bonds. The highest BCUT2D eigenvalue weighted by molar-refractivity contribution is 8.27. The Bertz CT molecular complexity index is 957. The summed E-state index contributed by atoms with van der Waals surface area (Å²) in [5, 5.41) is 0. The zero-order chi connectivity index (χ0) is 20.7. The number of alkyl halides is 3. The van der Waals surface area contributed by atoms with Crippen molar-refractivity contribution in [2.75, 3.05) is 4.90 Å². The second-order valence-corrected chi connectivity index (χ2v) is 9.11. The number of carbonyl (C=O) groups excluding carboxylic acids is 1. The molecule has 7 heteroatoms. The molecular weight excluding hydrogens is 403 g/mol. The Morgan fingerprint density at radius 2 is 1.64 bits per heavy atom. The lowest BCUT2D eigenvalue weighted by molar-refractivity contribution is -0.137. The molecule has 146 valence electrons. The van der Waals surface area contributed by atoms with Crippen molar-refractivity contribution in [3.05, 3.63) is 70.1 Å². The highest BCUT2D eigenvalue weighted by atomic mass is 32.2. The average Bonchev–Trinajstić information content (AvgIpc) is 2.87. The molecule has 0 aromatic heterocycles. The van der Waals surface area contributed by atoms with Crippen molar-refractivity contribution < 1.29 is 18.0 Å². The Hall–Kier alpha value is -2.12. The van der Waals surface area contributed by atoms with Gasteiger partial charge in [-0.25, -0.2) is 0 Å². The van der Waals surface area contributed by atoms with E-state index in [1.807, 2.05) is 24.3 Å². The van der Waals surface area contributed by atoms with E-state index < -0.39 is 17.6 Å². The average molecular weight is 422 g/mol. The maximum absolute atomic E-state index is 13.0. The zero-order valence-corrected chi connectivity index (χ0v) is 17.1. The number of hydrogen-bond donors (Lipinski definition) is 0. The van der Waals surface area contributed by atoms with Gasteiger partial charge in [0.1, 0.15) is 0 Å². The summed E-state index contributed by atoms with van der Waals surface area (Å²) in [4.78, 5) is 14.3. The molecule has 1 aliphatic rings. The molecule has 0 spiro atoms. The van der Waals surface area contributed by atoms with Gasteiger partial charge in [0, 0.05) is 0 Å². The summed E-state index contributed by atoms with van der Waals surface area (Å²) in [5.74, 6) is -0.422. The fourth-order valence-corrected chi connectivity index (χ4v) is 4.04. The first-order valence-corrected chi connectivity index (χ1v) is 9.75. The molecular formula is C21H18F3NOS2. The van der Waals surface area contributed by atoms with Crippen molar-refractivity contribution >= 4 is 46.0 Å². The van der Waals surface area contributed by atoms with Gasteiger partial charge >= 0.3 is 6.18 Å². The standard InChI is InChI=1S/C21H18F3NOS2/c1-20(2,3)14-9-7-13(8-10-14)11-17-18(26)25(19(27)28-17)16-6-4-5-15(12-16)21(22,23)24/h4-12H,1-3H3/b17-11-. The molecule has 2 aromatic carbocycles. The van der Waals surface area contributed by atoms with Crippen molar-refractivity contribution in [2.24, 2.45) is 0 Å². The third-order valence-electron chi connectivity index (χ3n) is 4.30. The van der Waals surface area contributed by atoms with E-state index in [0.717, 1.165) is 34.4 Å². The fourth-order valence-electron chi connectivity index (χ4n) is 2.74. The molecule has 0 unspecified atom stereocenters. The minimum atomic E-state index is -4.49. The number of hydrogen-bond acceptors (Lipinski definition) is 3. The summed E-state index contributed by atoms with van der Waals surface area (Å²) >= 11 is 6.33. The Balaban J connectivity index is 1.89. The lowest BCUT2D eigenvalue weighted by Gasteiger charge is -2.18. The predicted octanol–water partition coefficient (Wildman–Crippen LogP) is 6.41. The van der Waals surface area contributed by atoms with Gasteiger partial charge in [-0.3, -0.25) is 9.69 Å². The topological polar surface area (TPSA) is 20.3 Å². The third kappa shape index (κ3) is 4.31. The molecule has 0 atom stereocenters. The van der Waals surface area contributed by atoms with E-state index in [1.165, 1.54) is 17.7 Å². The molecule has 0 bridgehead atoms. The first-order chi connectivity index (χ1) is 13.0. The summed E-state index contributed by atoms with van der Waals surface area (Å²) in [6.07, 6.45) is -2.78. The van der Waals surface area contributed by atoms with Gasteiger partial charge in [0.25, 0.3) is 5.91 Å². The van der Waals surface area contributed by atoms with Crippen LogP contribution in [-0.4, -0.2) is 10.2 Å². The van der Waals surface area contributed by atoms with Gasteiger partial charge in [-0.2, -0.15) is 13.2 Å². The van der Waals surface area contributed by atoms with E-state index in [9.17, 15) is 18.0 Å². The van der Waals surface area contributed by atoms with Crippen LogP contribution in [0.5, 0.6) is 0 Å². The minimum absolute atomic E-state index is 0.0193. The first kappa shape index (κ1) is 20.6. The molecule has 0 radical (unpaired) electrons. The number of thioether (sulfide) groups is 1. The monoisotopic (exact) mass is 421 g/mol. The number of thiocarbonyl (C=S) groups is 1. The van der Waals surface area contributed by atoms with Crippen LogP contribution in [0.15, 0.2) is 53.4 Å². The molecule has 0 saturated carbocycles. The summed E-state index contributed by atoms with van der Waals surface area (Å²) < 4.78 is 39.1. The summed E-state index contributed by atoms with van der Waals surface area (Å²) in [6.45, 7) is 6.34. The van der Waals surface area contributed by atoms with Crippen LogP contribution in [0.4, 0.5) is 18.9 Å². The number of carbonyl (C=O) groups is 1. The summed E-state index contributed by atoms with van der Waals surface area (Å²) in [7, 11) is 0. The first-order valence-electron chi connectivity index (χ1n) is 8.52. The highest BCUT2D eigenvalue weighted by Gasteiger charge is 2.36. The minimum Gasteiger partial charge on any atom is -0.268 e. The third-order valence-corrected chi connectivity index (χ3v) is 5.60. The second kappa shape index (κ2) is 7.37. The Morgan fingerprint density at radius 3 is 2.21 bits per heavy atom. The van der Waals surface area contributed by atoms with Crippen LogP contribution in [-0.2, 0) is 16.4 Å². The number of benzene rings is 2. The molecule has 1 saturated heterocycles. The van der Waals surface area contributed by atoms with Gasteiger partial charge in [0.2, 0.25) is 0 Å². The van der Waals surface area contributed by atoms with Crippen LogP contribution in [0, 0.1) is 0 Å². The van der Waals surface area contributed by atoms with Crippen LogP contribution in [0.1, 0.15) is 37.5 Å². The van der Waals surface area contributed by atoms with Gasteiger partial charge < -0.3 is 0 Å². The van der Waals surface area contributed by atoms with Crippen LogP contribution in [0.3, 0.4) is 0 Å². The van der Waals surface area contributed by atoms with Crippen molar-refractivity contribution in [1.29, 1.82) is 0 Å². The predicted molar refractivity (Wildman–Crippen MR) is 112 cm³/mol. The second-order valence-electron chi connectivity index (χ2n) is 7.44. The number of rotatable bonds is 2. The number of amides is 1. The normalized spacial score (nSPS) is 16.9. The van der Waals surface area contributed by atoms with Gasteiger partial charge in [-0.05, 0) is 40.8 Å². The van der Waals surface area contributed by atoms with Crippen LogP contribution >= 0.6 is 24.0 Å². The molecule has 0 N–H and O–H groups in total. The lowest BCUT2D eigenvalue weighted by Crippen LogP contribution is -2.27. The van der Waals surface area contributed by atoms with Crippen molar-refractivity contribution in [2.45, 2.75) is 32.4 Å². The molecule has 28 heavy (non-hydrogen) atoms. The van der Waals surface area contributed by atoms with Crippen molar-refractivity contribution in [3.63, 3.8) is 0 Å². The summed E-state index contributed by atoms with van der Waals surface area (Å²) in [5.41, 5.74) is 1.31. The van der Waals surface area contributed by atoms with Gasteiger partial charge in [-0.15, -0.1) is 0 Å². The van der Waals surface area contributed by atoms with Gasteiger partial charge in [0.15, 0.2) is 4.32 Å². The quantitative estimate of drug-likeness (QED) is 0.413. The van der Waals surface area contributed by atoms with E-state index in [1.54, 1.807) is 6.08 Å². The zero-order valence-electron chi connectivity index (χ0n) is 15.5. The molecule has 2 aromatic rings. The van der Waals surface area contributed by atoms with E-state index in [2.05, 4.69) is 20.8 Å². The van der Waals surface area contributed by atoms with E-state index in [0.29, 0.717) is 4.91 Å². The Kier molecular flexibility index (Phi) is 5.42. The van der Waals surface area contributed by atoms with Gasteiger partial charge in [-0.1, -0.05) is 75.1 Å². The smallest absolute Gasteiger partial charge is 0.268 e. The van der Waals surface area contributed by atoms with Crippen LogP contribution in [0.25, 0.3) is 6.08 Å². The SMILES string of the molecule is CC(C)(C)c1ccc(/C=C2\SC(=S)N(c3cccc(C(F)(F)F)c3)C2=O)cc1. The molecule has 1 aliphatic heterocycles. The van der Waals surface area contributed by atoms with E-state index in [-0.39, 0.29) is 15.4 Å². The molecule has 0 aliphatic carbocycles. The Labute approximate surface area is 171 Å². The molecule has 3 rings (SSSR count). The fraction of sp³-hybridized carbons (Fsp3) is 0.238. The van der Waals surface area contributed by atoms with Crippen molar-refractivity contribution in [1.82, 2.24) is 0 Å². The number of halogens is 3. The van der Waals surface area contributed by atoms with E-state index >= 15 is 0 Å². The Morgan fingerprint density at radius 1 is 1.00 bits per heavy atom. The largest absolute Gasteiger partial charge is 0.416 e. The highest BCUT2D eigenvalue weighted by Crippen LogP contribution is 2.38. The van der Waals surface area contributed by atoms with Gasteiger partial charge in [0.05, 0.1) is 16.2 Å². The maximum atomic E-state index is 13.0. The number of anilines is 1. The maximum Gasteiger partial charge on any atom is 0.416 e. The van der Waals surface area contributed by atoms with Crippen LogP contribution < -0.4 is 4.90 Å². The van der Waals surface area contributed by atoms with Crippen molar-refractivity contribution in [3.8, 4) is 0 Å². The summed E-state index contributed by atoms with van der Waals surface area (Å²) in [6, 6.07) is 12.4. The molecule has 2 nitrogen and oxygen atoms in total. The van der Waals surface area contributed by atoms with E-state index in [4.69, 9.17) is 12.2 Å². The van der Waals surface area contributed by atoms with Crippen LogP contribution in [0.2, 0.25) is 0 Å².